The first kappa shape index (κ1) is 12.3. The van der Waals surface area contributed by atoms with Crippen LogP contribution in [-0.4, -0.2) is 13.1 Å². The molecule has 3 nitrogen and oxygen atoms in total. The zero-order chi connectivity index (χ0) is 11.6. The van der Waals surface area contributed by atoms with Crippen LogP contribution in [0, 0.1) is 0 Å². The van der Waals surface area contributed by atoms with Crippen LogP contribution in [0.5, 0.6) is 0 Å². The van der Waals surface area contributed by atoms with Gasteiger partial charge in [-0.2, -0.15) is 0 Å². The third kappa shape index (κ3) is 2.43. The van der Waals surface area contributed by atoms with E-state index in [-0.39, 0.29) is 0 Å². The van der Waals surface area contributed by atoms with Crippen LogP contribution in [-0.2, 0) is 15.1 Å². The lowest BCUT2D eigenvalue weighted by Gasteiger charge is -2.22. The Morgan fingerprint density at radius 3 is 2.47 bits per heavy atom. The molecular weight excluding hydrogens is 237 g/mol. The number of halogens is 2. The lowest BCUT2D eigenvalue weighted by atomic mass is 9.93. The lowest BCUT2D eigenvalue weighted by molar-refractivity contribution is -0.146. The summed E-state index contributed by atoms with van der Waals surface area (Å²) < 4.78 is 4.60. The number of carbonyl (C=O) groups excluding carboxylic acids is 1. The van der Waals surface area contributed by atoms with E-state index in [0.29, 0.717) is 15.6 Å². The maximum atomic E-state index is 11.4. The summed E-state index contributed by atoms with van der Waals surface area (Å²) >= 11 is 11.6. The molecule has 1 aromatic carbocycles. The highest BCUT2D eigenvalue weighted by atomic mass is 35.5. The average molecular weight is 248 g/mol. The van der Waals surface area contributed by atoms with Gasteiger partial charge in [0, 0.05) is 0 Å². The zero-order valence-corrected chi connectivity index (χ0v) is 9.89. The van der Waals surface area contributed by atoms with E-state index < -0.39 is 11.5 Å². The normalized spacial score (nSPS) is 14.5. The Bertz CT molecular complexity index is 391. The molecule has 0 unspecified atom stereocenters. The second-order valence-corrected chi connectivity index (χ2v) is 4.14. The topological polar surface area (TPSA) is 52.3 Å². The first-order chi connectivity index (χ1) is 6.89. The summed E-state index contributed by atoms with van der Waals surface area (Å²) in [5.74, 6) is -0.527. The van der Waals surface area contributed by atoms with Gasteiger partial charge in [-0.1, -0.05) is 29.3 Å². The summed E-state index contributed by atoms with van der Waals surface area (Å²) in [6, 6.07) is 4.79. The average Bonchev–Trinajstić information content (AvgIpc) is 2.20. The minimum Gasteiger partial charge on any atom is -0.467 e. The Labute approximate surface area is 98.1 Å². The van der Waals surface area contributed by atoms with Crippen LogP contribution < -0.4 is 5.73 Å². The Morgan fingerprint density at radius 1 is 1.40 bits per heavy atom. The summed E-state index contributed by atoms with van der Waals surface area (Å²) in [5, 5.41) is 0.774. The molecule has 0 amide bonds. The molecule has 5 heteroatoms. The van der Waals surface area contributed by atoms with Crippen molar-refractivity contribution in [3.8, 4) is 0 Å². The van der Waals surface area contributed by atoms with Crippen LogP contribution in [0.25, 0.3) is 0 Å². The molecular formula is C10H11Cl2NO2. The van der Waals surface area contributed by atoms with Crippen LogP contribution >= 0.6 is 23.2 Å². The second kappa shape index (κ2) is 4.39. The Hall–Kier alpha value is -0.770. The van der Waals surface area contributed by atoms with Gasteiger partial charge in [0.15, 0.2) is 0 Å². The third-order valence-corrected chi connectivity index (χ3v) is 2.87. The summed E-state index contributed by atoms with van der Waals surface area (Å²) in [7, 11) is 1.28. The largest absolute Gasteiger partial charge is 0.467 e. The molecule has 0 radical (unpaired) electrons. The van der Waals surface area contributed by atoms with Gasteiger partial charge < -0.3 is 10.5 Å². The van der Waals surface area contributed by atoms with E-state index in [9.17, 15) is 4.79 Å². The molecule has 2 N–H and O–H groups in total. The van der Waals surface area contributed by atoms with Crippen molar-refractivity contribution in [2.45, 2.75) is 12.5 Å². The molecule has 1 aromatic rings. The van der Waals surface area contributed by atoms with E-state index in [1.165, 1.54) is 7.11 Å². The highest BCUT2D eigenvalue weighted by Crippen LogP contribution is 2.27. The van der Waals surface area contributed by atoms with Crippen molar-refractivity contribution in [1.29, 1.82) is 0 Å². The number of carbonyl (C=O) groups is 1. The molecule has 0 fully saturated rings. The predicted octanol–water partition coefficient (Wildman–Crippen LogP) is 2.34. The van der Waals surface area contributed by atoms with E-state index in [1.54, 1.807) is 25.1 Å². The number of ether oxygens (including phenoxy) is 1. The number of hydrogen-bond donors (Lipinski definition) is 1. The van der Waals surface area contributed by atoms with Gasteiger partial charge in [-0.15, -0.1) is 0 Å². The summed E-state index contributed by atoms with van der Waals surface area (Å²) in [6.45, 7) is 1.55. The molecule has 0 bridgehead atoms. The Kier molecular flexibility index (Phi) is 3.60. The van der Waals surface area contributed by atoms with Crippen molar-refractivity contribution in [3.05, 3.63) is 33.8 Å². The predicted molar refractivity (Wildman–Crippen MR) is 60.0 cm³/mol. The van der Waals surface area contributed by atoms with Gasteiger partial charge in [0.05, 0.1) is 17.2 Å². The molecule has 1 atom stereocenters. The standard InChI is InChI=1S/C10H11Cl2NO2/c1-10(13,9(14)15-2)6-3-4-7(11)8(12)5-6/h3-5H,13H2,1-2H3/t10-/m1/s1. The number of methoxy groups -OCH3 is 1. The maximum absolute atomic E-state index is 11.4. The third-order valence-electron chi connectivity index (χ3n) is 2.13. The van der Waals surface area contributed by atoms with Crippen molar-refractivity contribution in [3.63, 3.8) is 0 Å². The van der Waals surface area contributed by atoms with Gasteiger partial charge in [-0.3, -0.25) is 0 Å². The minimum atomic E-state index is -1.22. The van der Waals surface area contributed by atoms with Crippen molar-refractivity contribution in [1.82, 2.24) is 0 Å². The van der Waals surface area contributed by atoms with Gasteiger partial charge in [0.1, 0.15) is 5.54 Å². The summed E-state index contributed by atoms with van der Waals surface area (Å²) in [6.07, 6.45) is 0. The fourth-order valence-corrected chi connectivity index (χ4v) is 1.45. The van der Waals surface area contributed by atoms with Crippen LogP contribution in [0.3, 0.4) is 0 Å². The van der Waals surface area contributed by atoms with Crippen molar-refractivity contribution in [2.75, 3.05) is 7.11 Å². The van der Waals surface area contributed by atoms with Gasteiger partial charge >= 0.3 is 5.97 Å². The summed E-state index contributed by atoms with van der Waals surface area (Å²) in [5.41, 5.74) is 5.17. The highest BCUT2D eigenvalue weighted by molar-refractivity contribution is 6.42. The van der Waals surface area contributed by atoms with Gasteiger partial charge in [-0.25, -0.2) is 4.79 Å². The molecule has 0 saturated carbocycles. The molecule has 0 spiro atoms. The van der Waals surface area contributed by atoms with Gasteiger partial charge in [0.2, 0.25) is 0 Å². The van der Waals surface area contributed by atoms with Crippen molar-refractivity contribution < 1.29 is 9.53 Å². The molecule has 0 aromatic heterocycles. The van der Waals surface area contributed by atoms with Crippen LogP contribution in [0.4, 0.5) is 0 Å². The number of hydrogen-bond acceptors (Lipinski definition) is 3. The first-order valence-corrected chi connectivity index (χ1v) is 4.98. The Morgan fingerprint density at radius 2 is 2.00 bits per heavy atom. The highest BCUT2D eigenvalue weighted by Gasteiger charge is 2.31. The fourth-order valence-electron chi connectivity index (χ4n) is 1.15. The number of esters is 1. The SMILES string of the molecule is COC(=O)[C@](C)(N)c1ccc(Cl)c(Cl)c1. The van der Waals surface area contributed by atoms with E-state index in [1.807, 2.05) is 0 Å². The van der Waals surface area contributed by atoms with Crippen LogP contribution in [0.15, 0.2) is 18.2 Å². The molecule has 0 heterocycles. The number of benzene rings is 1. The number of nitrogens with two attached hydrogens (primary N) is 1. The Balaban J connectivity index is 3.16. The molecule has 1 rings (SSSR count). The molecule has 0 aliphatic rings. The molecule has 0 saturated heterocycles. The van der Waals surface area contributed by atoms with Crippen molar-refractivity contribution in [2.24, 2.45) is 5.73 Å². The summed E-state index contributed by atoms with van der Waals surface area (Å²) in [4.78, 5) is 11.4. The first-order valence-electron chi connectivity index (χ1n) is 4.22. The number of rotatable bonds is 2. The monoisotopic (exact) mass is 247 g/mol. The quantitative estimate of drug-likeness (QED) is 0.817. The molecule has 0 aliphatic heterocycles. The van der Waals surface area contributed by atoms with Crippen molar-refractivity contribution >= 4 is 29.2 Å². The molecule has 0 aliphatic carbocycles. The lowest BCUT2D eigenvalue weighted by Crippen LogP contribution is -2.42. The van der Waals surface area contributed by atoms with E-state index in [4.69, 9.17) is 28.9 Å². The molecule has 82 valence electrons. The van der Waals surface area contributed by atoms with Gasteiger partial charge in [-0.05, 0) is 24.6 Å². The second-order valence-electron chi connectivity index (χ2n) is 3.32. The zero-order valence-electron chi connectivity index (χ0n) is 8.38. The fraction of sp³-hybridized carbons (Fsp3) is 0.300. The van der Waals surface area contributed by atoms with Gasteiger partial charge in [0.25, 0.3) is 0 Å². The smallest absolute Gasteiger partial charge is 0.330 e. The van der Waals surface area contributed by atoms with Crippen LogP contribution in [0.2, 0.25) is 10.0 Å². The maximum Gasteiger partial charge on any atom is 0.330 e. The minimum absolute atomic E-state index is 0.356. The molecule has 15 heavy (non-hydrogen) atoms. The van der Waals surface area contributed by atoms with Crippen LogP contribution in [0.1, 0.15) is 12.5 Å². The van der Waals surface area contributed by atoms with E-state index in [2.05, 4.69) is 4.74 Å². The van der Waals surface area contributed by atoms with E-state index >= 15 is 0 Å². The van der Waals surface area contributed by atoms with E-state index in [0.717, 1.165) is 0 Å².